The number of esters is 2. The minimum Gasteiger partial charge on any atom is -0.392 e. The lowest BCUT2D eigenvalue weighted by Gasteiger charge is -2.50. The number of hydrogen-bond acceptors (Lipinski definition) is 6. The SMILES string of the molecule is O=C1OC(=O)C2(COCc3ccccc3)C3C=CC(C4OCOC43)C12. The highest BCUT2D eigenvalue weighted by Gasteiger charge is 2.72. The summed E-state index contributed by atoms with van der Waals surface area (Å²) in [5.41, 5.74) is 0.00290. The minimum absolute atomic E-state index is 0.134. The van der Waals surface area contributed by atoms with Gasteiger partial charge in [-0.1, -0.05) is 42.5 Å². The van der Waals surface area contributed by atoms with Crippen LogP contribution in [0.15, 0.2) is 42.5 Å². The molecular weight excluding hydrogens is 324 g/mol. The van der Waals surface area contributed by atoms with Crippen molar-refractivity contribution in [1.82, 2.24) is 0 Å². The highest BCUT2D eigenvalue weighted by atomic mass is 16.7. The van der Waals surface area contributed by atoms with Crippen LogP contribution in [0.4, 0.5) is 0 Å². The van der Waals surface area contributed by atoms with E-state index in [1.165, 1.54) is 0 Å². The van der Waals surface area contributed by atoms with Gasteiger partial charge in [-0.15, -0.1) is 0 Å². The third kappa shape index (κ3) is 2.02. The van der Waals surface area contributed by atoms with E-state index >= 15 is 0 Å². The number of benzene rings is 1. The smallest absolute Gasteiger partial charge is 0.323 e. The van der Waals surface area contributed by atoms with Gasteiger partial charge in [-0.2, -0.15) is 0 Å². The number of rotatable bonds is 4. The lowest BCUT2D eigenvalue weighted by molar-refractivity contribution is -0.164. The van der Waals surface area contributed by atoms with Crippen LogP contribution in [0.3, 0.4) is 0 Å². The van der Waals surface area contributed by atoms with Crippen LogP contribution in [0.1, 0.15) is 5.56 Å². The van der Waals surface area contributed by atoms with Crippen LogP contribution in [0.2, 0.25) is 0 Å². The Labute approximate surface area is 144 Å². The summed E-state index contributed by atoms with van der Waals surface area (Å²) < 4.78 is 22.3. The zero-order valence-corrected chi connectivity index (χ0v) is 13.5. The van der Waals surface area contributed by atoms with E-state index in [2.05, 4.69) is 0 Å². The van der Waals surface area contributed by atoms with Crippen LogP contribution in [-0.2, 0) is 35.1 Å². The predicted molar refractivity (Wildman–Crippen MR) is 83.9 cm³/mol. The molecule has 1 aromatic rings. The molecule has 3 aliphatic carbocycles. The topological polar surface area (TPSA) is 71.1 Å². The van der Waals surface area contributed by atoms with Crippen molar-refractivity contribution in [3.8, 4) is 0 Å². The summed E-state index contributed by atoms with van der Waals surface area (Å²) in [6, 6.07) is 9.74. The summed E-state index contributed by atoms with van der Waals surface area (Å²) in [6.45, 7) is 0.708. The fraction of sp³-hybridized carbons (Fsp3) is 0.474. The van der Waals surface area contributed by atoms with Crippen LogP contribution in [0.25, 0.3) is 0 Å². The third-order valence-electron chi connectivity index (χ3n) is 5.93. The van der Waals surface area contributed by atoms with Crippen molar-refractivity contribution < 1.29 is 28.5 Å². The Kier molecular flexibility index (Phi) is 3.35. The molecule has 25 heavy (non-hydrogen) atoms. The largest absolute Gasteiger partial charge is 0.392 e. The van der Waals surface area contributed by atoms with Gasteiger partial charge in [0.2, 0.25) is 0 Å². The highest BCUT2D eigenvalue weighted by molar-refractivity contribution is 6.00. The van der Waals surface area contributed by atoms with Crippen molar-refractivity contribution in [2.75, 3.05) is 13.4 Å². The summed E-state index contributed by atoms with van der Waals surface area (Å²) in [7, 11) is 0. The van der Waals surface area contributed by atoms with Gasteiger partial charge in [0, 0.05) is 11.8 Å². The fourth-order valence-corrected chi connectivity index (χ4v) is 4.84. The maximum Gasteiger partial charge on any atom is 0.323 e. The molecule has 130 valence electrons. The first-order chi connectivity index (χ1) is 12.2. The van der Waals surface area contributed by atoms with E-state index in [-0.39, 0.29) is 37.4 Å². The first-order valence-corrected chi connectivity index (χ1v) is 8.51. The van der Waals surface area contributed by atoms with Gasteiger partial charge in [0.1, 0.15) is 12.2 Å². The molecule has 2 saturated heterocycles. The standard InChI is InChI=1S/C19H18O6/c20-17-14-12-6-7-13(16-15(12)23-10-24-16)19(14,18(21)25-17)9-22-8-11-4-2-1-3-5-11/h1-7,12-16H,8-10H2. The van der Waals surface area contributed by atoms with Gasteiger partial charge in [0.15, 0.2) is 0 Å². The van der Waals surface area contributed by atoms with E-state index in [4.69, 9.17) is 18.9 Å². The van der Waals surface area contributed by atoms with Crippen molar-refractivity contribution in [1.29, 1.82) is 0 Å². The second kappa shape index (κ2) is 5.49. The van der Waals surface area contributed by atoms with Crippen molar-refractivity contribution >= 4 is 11.9 Å². The quantitative estimate of drug-likeness (QED) is 0.469. The van der Waals surface area contributed by atoms with E-state index in [9.17, 15) is 9.59 Å². The lowest BCUT2D eigenvalue weighted by atomic mass is 9.52. The van der Waals surface area contributed by atoms with Crippen molar-refractivity contribution in [3.63, 3.8) is 0 Å². The molecule has 2 bridgehead atoms. The Morgan fingerprint density at radius 1 is 1.08 bits per heavy atom. The van der Waals surface area contributed by atoms with E-state index in [0.717, 1.165) is 5.56 Å². The van der Waals surface area contributed by atoms with Crippen LogP contribution in [-0.4, -0.2) is 37.5 Å². The molecule has 1 saturated carbocycles. The Morgan fingerprint density at radius 2 is 1.88 bits per heavy atom. The first kappa shape index (κ1) is 15.3. The molecule has 0 radical (unpaired) electrons. The van der Waals surface area contributed by atoms with E-state index in [1.54, 1.807) is 0 Å². The molecule has 2 aliphatic heterocycles. The van der Waals surface area contributed by atoms with E-state index in [1.807, 2.05) is 42.5 Å². The fourth-order valence-electron chi connectivity index (χ4n) is 4.84. The van der Waals surface area contributed by atoms with Gasteiger partial charge >= 0.3 is 11.9 Å². The molecule has 2 heterocycles. The monoisotopic (exact) mass is 342 g/mol. The molecule has 3 fully saturated rings. The molecule has 0 aromatic heterocycles. The van der Waals surface area contributed by atoms with Crippen molar-refractivity contribution in [2.24, 2.45) is 23.2 Å². The summed E-state index contributed by atoms with van der Waals surface area (Å²) in [6.07, 6.45) is 3.52. The van der Waals surface area contributed by atoms with Crippen LogP contribution >= 0.6 is 0 Å². The van der Waals surface area contributed by atoms with Gasteiger partial charge in [-0.25, -0.2) is 0 Å². The summed E-state index contributed by atoms with van der Waals surface area (Å²) in [4.78, 5) is 25.1. The summed E-state index contributed by atoms with van der Waals surface area (Å²) >= 11 is 0. The Balaban J connectivity index is 1.45. The maximum absolute atomic E-state index is 12.7. The molecule has 0 amide bonds. The summed E-state index contributed by atoms with van der Waals surface area (Å²) in [5.74, 6) is -2.01. The van der Waals surface area contributed by atoms with Gasteiger partial charge in [0.05, 0.1) is 31.3 Å². The molecule has 0 N–H and O–H groups in total. The van der Waals surface area contributed by atoms with Gasteiger partial charge < -0.3 is 18.9 Å². The zero-order valence-electron chi connectivity index (χ0n) is 13.5. The molecule has 6 heteroatoms. The zero-order chi connectivity index (χ0) is 17.0. The molecule has 6 unspecified atom stereocenters. The van der Waals surface area contributed by atoms with E-state index in [0.29, 0.717) is 6.61 Å². The van der Waals surface area contributed by atoms with Crippen LogP contribution < -0.4 is 0 Å². The highest BCUT2D eigenvalue weighted by Crippen LogP contribution is 2.59. The maximum atomic E-state index is 12.7. The van der Waals surface area contributed by atoms with Crippen molar-refractivity contribution in [3.05, 3.63) is 48.0 Å². The number of ether oxygens (including phenoxy) is 4. The molecule has 6 atom stereocenters. The Hall–Kier alpha value is -2.02. The number of carbonyl (C=O) groups is 2. The van der Waals surface area contributed by atoms with Crippen LogP contribution in [0, 0.1) is 23.2 Å². The molecule has 5 aliphatic rings. The van der Waals surface area contributed by atoms with Gasteiger partial charge in [0.25, 0.3) is 0 Å². The molecule has 6 nitrogen and oxygen atoms in total. The van der Waals surface area contributed by atoms with Crippen molar-refractivity contribution in [2.45, 2.75) is 18.8 Å². The molecule has 6 rings (SSSR count). The first-order valence-electron chi connectivity index (χ1n) is 8.51. The number of carbonyl (C=O) groups excluding carboxylic acids is 2. The number of hydrogen-bond donors (Lipinski definition) is 0. The second-order valence-electron chi connectivity index (χ2n) is 7.07. The van der Waals surface area contributed by atoms with Gasteiger partial charge in [-0.3, -0.25) is 9.59 Å². The Bertz CT molecular complexity index is 744. The van der Waals surface area contributed by atoms with Crippen LogP contribution in [0.5, 0.6) is 0 Å². The normalized spacial score (nSPS) is 40.9. The Morgan fingerprint density at radius 3 is 2.72 bits per heavy atom. The minimum atomic E-state index is -1.01. The average molecular weight is 342 g/mol. The third-order valence-corrected chi connectivity index (χ3v) is 5.93. The second-order valence-corrected chi connectivity index (χ2v) is 7.07. The lowest BCUT2D eigenvalue weighted by Crippen LogP contribution is -2.62. The number of cyclic esters (lactones) is 2. The summed E-state index contributed by atoms with van der Waals surface area (Å²) in [5, 5.41) is 0. The molecular formula is C19H18O6. The van der Waals surface area contributed by atoms with E-state index < -0.39 is 23.3 Å². The average Bonchev–Trinajstić information content (AvgIpc) is 3.22. The predicted octanol–water partition coefficient (Wildman–Crippen LogP) is 1.45. The molecule has 0 spiro atoms. The molecule has 1 aromatic carbocycles. The van der Waals surface area contributed by atoms with Gasteiger partial charge in [-0.05, 0) is 5.56 Å².